The van der Waals surface area contributed by atoms with Gasteiger partial charge in [-0.15, -0.1) is 5.10 Å². The van der Waals surface area contributed by atoms with E-state index < -0.39 is 5.97 Å². The molecular formula is C5H4N3O3-. The lowest BCUT2D eigenvalue weighted by Gasteiger charge is -1.98. The molecule has 0 aliphatic carbocycles. The molecular weight excluding hydrogens is 150 g/mol. The maximum Gasteiger partial charge on any atom is 0.171 e. The van der Waals surface area contributed by atoms with Crippen LogP contribution in [0.3, 0.4) is 0 Å². The molecule has 0 spiro atoms. The summed E-state index contributed by atoms with van der Waals surface area (Å²) in [4.78, 5) is 20.0. The van der Waals surface area contributed by atoms with E-state index >= 15 is 0 Å². The quantitative estimate of drug-likeness (QED) is 0.463. The summed E-state index contributed by atoms with van der Waals surface area (Å²) in [6.07, 6.45) is 1.71. The summed E-state index contributed by atoms with van der Waals surface area (Å²) in [6.45, 7) is -0.388. The number of aromatic nitrogens is 3. The van der Waals surface area contributed by atoms with E-state index in [1.165, 1.54) is 6.20 Å². The maximum atomic E-state index is 10.0. The fourth-order valence-corrected chi connectivity index (χ4v) is 0.577. The highest BCUT2D eigenvalue weighted by atomic mass is 16.4. The van der Waals surface area contributed by atoms with Crippen LogP contribution < -0.4 is 5.11 Å². The summed E-state index contributed by atoms with van der Waals surface area (Å²) in [6, 6.07) is 0. The van der Waals surface area contributed by atoms with Gasteiger partial charge in [-0.25, -0.2) is 4.68 Å². The Balaban J connectivity index is 2.72. The van der Waals surface area contributed by atoms with Crippen LogP contribution in [0.25, 0.3) is 0 Å². The van der Waals surface area contributed by atoms with E-state index in [4.69, 9.17) is 0 Å². The van der Waals surface area contributed by atoms with Gasteiger partial charge in [-0.05, 0) is 0 Å². The van der Waals surface area contributed by atoms with E-state index in [1.807, 2.05) is 0 Å². The molecule has 1 heterocycles. The lowest BCUT2D eigenvalue weighted by Crippen LogP contribution is -2.27. The van der Waals surface area contributed by atoms with Crippen molar-refractivity contribution in [2.24, 2.45) is 0 Å². The molecule has 0 aromatic carbocycles. The van der Waals surface area contributed by atoms with Crippen LogP contribution in [-0.4, -0.2) is 27.2 Å². The fourth-order valence-electron chi connectivity index (χ4n) is 0.577. The number of nitrogens with zero attached hydrogens (tertiary/aromatic N) is 3. The largest absolute Gasteiger partial charge is 0.548 e. The number of hydrogen-bond acceptors (Lipinski definition) is 5. The second-order valence-electron chi connectivity index (χ2n) is 1.83. The Labute approximate surface area is 61.4 Å². The Kier molecular flexibility index (Phi) is 1.95. The number of aliphatic carboxylic acids is 1. The Morgan fingerprint density at radius 1 is 1.82 bits per heavy atom. The minimum Gasteiger partial charge on any atom is -0.548 e. The molecule has 11 heavy (non-hydrogen) atoms. The lowest BCUT2D eigenvalue weighted by atomic mass is 10.5. The summed E-state index contributed by atoms with van der Waals surface area (Å²) < 4.78 is 1.01. The Bertz CT molecular complexity index is 280. The van der Waals surface area contributed by atoms with Crippen molar-refractivity contribution in [3.8, 4) is 0 Å². The van der Waals surface area contributed by atoms with Crippen LogP contribution >= 0.6 is 0 Å². The molecule has 0 saturated heterocycles. The molecule has 6 nitrogen and oxygen atoms in total. The standard InChI is InChI=1S/C5H5N3O3/c9-3-4-1-8(7-6-4)2-5(10)11/h1,3H,2H2,(H,10,11)/p-1. The first-order valence-electron chi connectivity index (χ1n) is 2.77. The number of carboxylic acids is 1. The molecule has 0 aliphatic rings. The van der Waals surface area contributed by atoms with Crippen LogP contribution in [0, 0.1) is 0 Å². The van der Waals surface area contributed by atoms with Gasteiger partial charge in [0.05, 0.1) is 18.7 Å². The van der Waals surface area contributed by atoms with E-state index in [-0.39, 0.29) is 12.2 Å². The molecule has 58 valence electrons. The van der Waals surface area contributed by atoms with Gasteiger partial charge >= 0.3 is 0 Å². The van der Waals surface area contributed by atoms with Crippen molar-refractivity contribution in [3.63, 3.8) is 0 Å². The van der Waals surface area contributed by atoms with Crippen molar-refractivity contribution in [3.05, 3.63) is 11.9 Å². The van der Waals surface area contributed by atoms with E-state index in [9.17, 15) is 14.7 Å². The van der Waals surface area contributed by atoms with Crippen molar-refractivity contribution < 1.29 is 14.7 Å². The van der Waals surface area contributed by atoms with Gasteiger partial charge in [0.15, 0.2) is 6.29 Å². The SMILES string of the molecule is O=Cc1cn(CC(=O)[O-])nn1. The topological polar surface area (TPSA) is 87.9 Å². The third-order valence-corrected chi connectivity index (χ3v) is 0.968. The van der Waals surface area contributed by atoms with Gasteiger partial charge in [-0.3, -0.25) is 4.79 Å². The van der Waals surface area contributed by atoms with Crippen LogP contribution in [0.4, 0.5) is 0 Å². The van der Waals surface area contributed by atoms with Gasteiger partial charge in [-0.2, -0.15) is 0 Å². The highest BCUT2D eigenvalue weighted by molar-refractivity contribution is 5.71. The zero-order chi connectivity index (χ0) is 8.27. The first kappa shape index (κ1) is 7.39. The minimum atomic E-state index is -1.27. The molecule has 0 bridgehead atoms. The zero-order valence-electron chi connectivity index (χ0n) is 5.43. The molecule has 6 heteroatoms. The fraction of sp³-hybridized carbons (Fsp3) is 0.200. The van der Waals surface area contributed by atoms with E-state index in [1.54, 1.807) is 0 Å². The summed E-state index contributed by atoms with van der Waals surface area (Å²) in [5.41, 5.74) is 0.103. The van der Waals surface area contributed by atoms with Gasteiger partial charge in [0.2, 0.25) is 0 Å². The van der Waals surface area contributed by atoms with Gasteiger partial charge in [-0.1, -0.05) is 5.21 Å². The van der Waals surface area contributed by atoms with E-state index in [0.717, 1.165) is 4.68 Å². The highest BCUT2D eigenvalue weighted by Crippen LogP contribution is 1.86. The molecule has 0 saturated carbocycles. The molecule has 0 N–H and O–H groups in total. The van der Waals surface area contributed by atoms with Crippen molar-refractivity contribution in [2.75, 3.05) is 0 Å². The number of carbonyl (C=O) groups is 2. The molecule has 0 radical (unpaired) electrons. The first-order chi connectivity index (χ1) is 5.22. The minimum absolute atomic E-state index is 0.103. The molecule has 1 aromatic rings. The normalized spacial score (nSPS) is 9.45. The number of rotatable bonds is 3. The number of carboxylic acid groups (broad SMARTS) is 1. The number of carbonyl (C=O) groups excluding carboxylic acids is 2. The second-order valence-corrected chi connectivity index (χ2v) is 1.83. The van der Waals surface area contributed by atoms with Gasteiger partial charge in [0, 0.05) is 0 Å². The zero-order valence-corrected chi connectivity index (χ0v) is 5.43. The summed E-state index contributed by atoms with van der Waals surface area (Å²) in [7, 11) is 0. The van der Waals surface area contributed by atoms with Gasteiger partial charge in [0.25, 0.3) is 0 Å². The molecule has 0 unspecified atom stereocenters. The predicted octanol–water partition coefficient (Wildman–Crippen LogP) is -2.16. The second kappa shape index (κ2) is 2.91. The number of aldehydes is 1. The van der Waals surface area contributed by atoms with Crippen molar-refractivity contribution in [1.82, 2.24) is 15.0 Å². The summed E-state index contributed by atoms with van der Waals surface area (Å²) >= 11 is 0. The average molecular weight is 154 g/mol. The Morgan fingerprint density at radius 2 is 2.55 bits per heavy atom. The monoisotopic (exact) mass is 154 g/mol. The molecule has 1 rings (SSSR count). The van der Waals surface area contributed by atoms with Gasteiger partial charge < -0.3 is 9.90 Å². The van der Waals surface area contributed by atoms with Crippen LogP contribution in [0.5, 0.6) is 0 Å². The first-order valence-corrected chi connectivity index (χ1v) is 2.77. The highest BCUT2D eigenvalue weighted by Gasteiger charge is 1.97. The average Bonchev–Trinajstić information content (AvgIpc) is 2.34. The maximum absolute atomic E-state index is 10.0. The van der Waals surface area contributed by atoms with Gasteiger partial charge in [0.1, 0.15) is 5.69 Å². The molecule has 0 atom stereocenters. The van der Waals surface area contributed by atoms with Crippen LogP contribution in [-0.2, 0) is 11.3 Å². The van der Waals surface area contributed by atoms with Crippen LogP contribution in [0.2, 0.25) is 0 Å². The Hall–Kier alpha value is -1.72. The third-order valence-electron chi connectivity index (χ3n) is 0.968. The molecule has 1 aromatic heterocycles. The van der Waals surface area contributed by atoms with Crippen molar-refractivity contribution in [2.45, 2.75) is 6.54 Å². The predicted molar refractivity (Wildman–Crippen MR) is 30.4 cm³/mol. The number of hydrogen-bond donors (Lipinski definition) is 0. The molecule has 0 aliphatic heterocycles. The van der Waals surface area contributed by atoms with Crippen LogP contribution in [0.15, 0.2) is 6.20 Å². The Morgan fingerprint density at radius 3 is 3.00 bits per heavy atom. The van der Waals surface area contributed by atoms with Crippen LogP contribution in [0.1, 0.15) is 10.5 Å². The van der Waals surface area contributed by atoms with E-state index in [0.29, 0.717) is 6.29 Å². The molecule has 0 fully saturated rings. The van der Waals surface area contributed by atoms with E-state index in [2.05, 4.69) is 10.3 Å². The molecule has 0 amide bonds. The smallest absolute Gasteiger partial charge is 0.171 e. The lowest BCUT2D eigenvalue weighted by molar-refractivity contribution is -0.306. The van der Waals surface area contributed by atoms with Crippen molar-refractivity contribution >= 4 is 12.3 Å². The van der Waals surface area contributed by atoms with Crippen molar-refractivity contribution in [1.29, 1.82) is 0 Å². The summed E-state index contributed by atoms with van der Waals surface area (Å²) in [5, 5.41) is 16.7. The third kappa shape index (κ3) is 1.85. The summed E-state index contributed by atoms with van der Waals surface area (Å²) in [5.74, 6) is -1.27.